The summed E-state index contributed by atoms with van der Waals surface area (Å²) >= 11 is 0. The molecule has 192 valence electrons. The van der Waals surface area contributed by atoms with Crippen LogP contribution < -0.4 is 10.1 Å². The number of carbonyl (C=O) groups excluding carboxylic acids is 1. The summed E-state index contributed by atoms with van der Waals surface area (Å²) in [7, 11) is 0. The molecule has 1 heterocycles. The van der Waals surface area contributed by atoms with Gasteiger partial charge in [-0.3, -0.25) is 4.79 Å². The zero-order valence-electron chi connectivity index (χ0n) is 20.1. The highest BCUT2D eigenvalue weighted by molar-refractivity contribution is 5.88. The molecule has 1 amide bonds. The molecule has 1 spiro atoms. The average Bonchev–Trinajstić information content (AvgIpc) is 3.61. The highest BCUT2D eigenvalue weighted by Gasteiger charge is 2.69. The molecule has 0 aromatic heterocycles. The third-order valence-corrected chi connectivity index (χ3v) is 8.17. The van der Waals surface area contributed by atoms with Gasteiger partial charge in [0.1, 0.15) is 11.8 Å². The first-order chi connectivity index (χ1) is 17.4. The van der Waals surface area contributed by atoms with E-state index in [0.717, 1.165) is 37.7 Å². The Balaban J connectivity index is 1.51. The highest BCUT2D eigenvalue weighted by atomic mass is 19.3. The van der Waals surface area contributed by atoms with Crippen molar-refractivity contribution in [3.63, 3.8) is 0 Å². The van der Waals surface area contributed by atoms with Crippen molar-refractivity contribution in [3.05, 3.63) is 65.7 Å². The van der Waals surface area contributed by atoms with Crippen molar-refractivity contribution in [2.75, 3.05) is 0 Å². The number of carbonyl (C=O) groups is 2. The van der Waals surface area contributed by atoms with Crippen LogP contribution in [0.25, 0.3) is 0 Å². The molecule has 2 aliphatic carbocycles. The van der Waals surface area contributed by atoms with Gasteiger partial charge in [0, 0.05) is 29.5 Å². The SMILES string of the molecule is O=C(O)[C@@H]1N(C(=O)C2CCCCC2)[C@H](c2ccccc2)[C@H](NCc2ccccc2OC(F)F)C12CC2. The molecule has 0 unspecified atom stereocenters. The van der Waals surface area contributed by atoms with E-state index >= 15 is 0 Å². The summed E-state index contributed by atoms with van der Waals surface area (Å²) in [6.07, 6.45) is 6.00. The zero-order chi connectivity index (χ0) is 25.3. The monoisotopic (exact) mass is 498 g/mol. The van der Waals surface area contributed by atoms with Gasteiger partial charge in [-0.05, 0) is 37.3 Å². The minimum atomic E-state index is -2.94. The number of benzene rings is 2. The van der Waals surface area contributed by atoms with E-state index in [1.54, 1.807) is 23.1 Å². The van der Waals surface area contributed by atoms with Crippen LogP contribution >= 0.6 is 0 Å². The number of nitrogens with one attached hydrogen (secondary N) is 1. The molecule has 1 aliphatic heterocycles. The second-order valence-electron chi connectivity index (χ2n) is 10.3. The second kappa shape index (κ2) is 10.2. The molecule has 0 radical (unpaired) electrons. The number of rotatable bonds is 8. The van der Waals surface area contributed by atoms with Crippen LogP contribution in [0.2, 0.25) is 0 Å². The van der Waals surface area contributed by atoms with Crippen molar-refractivity contribution in [1.29, 1.82) is 0 Å². The maximum Gasteiger partial charge on any atom is 0.387 e. The Kier molecular flexibility index (Phi) is 6.97. The van der Waals surface area contributed by atoms with Crippen LogP contribution in [0.15, 0.2) is 54.6 Å². The number of likely N-dealkylation sites (tertiary alicyclic amines) is 1. The summed E-state index contributed by atoms with van der Waals surface area (Å²) in [4.78, 5) is 28.3. The van der Waals surface area contributed by atoms with Gasteiger partial charge in [-0.25, -0.2) is 4.79 Å². The predicted octanol–water partition coefficient (Wildman–Crippen LogP) is 5.14. The first-order valence-electron chi connectivity index (χ1n) is 12.8. The van der Waals surface area contributed by atoms with Gasteiger partial charge in [-0.1, -0.05) is 67.8 Å². The van der Waals surface area contributed by atoms with E-state index in [2.05, 4.69) is 5.32 Å². The minimum Gasteiger partial charge on any atom is -0.480 e. The van der Waals surface area contributed by atoms with Gasteiger partial charge < -0.3 is 20.1 Å². The van der Waals surface area contributed by atoms with Crippen molar-refractivity contribution in [2.24, 2.45) is 11.3 Å². The van der Waals surface area contributed by atoms with Gasteiger partial charge >= 0.3 is 12.6 Å². The Bertz CT molecular complexity index is 1090. The molecule has 36 heavy (non-hydrogen) atoms. The van der Waals surface area contributed by atoms with Crippen LogP contribution in [0.5, 0.6) is 5.75 Å². The lowest BCUT2D eigenvalue weighted by Crippen LogP contribution is -2.47. The fraction of sp³-hybridized carbons (Fsp3) is 0.500. The Hall–Kier alpha value is -3.00. The van der Waals surface area contributed by atoms with E-state index in [1.165, 1.54) is 6.07 Å². The quantitative estimate of drug-likeness (QED) is 0.527. The lowest BCUT2D eigenvalue weighted by molar-refractivity contribution is -0.153. The van der Waals surface area contributed by atoms with Gasteiger partial charge in [-0.15, -0.1) is 0 Å². The van der Waals surface area contributed by atoms with E-state index in [9.17, 15) is 23.5 Å². The molecule has 2 N–H and O–H groups in total. The molecule has 8 heteroatoms. The highest BCUT2D eigenvalue weighted by Crippen LogP contribution is 2.63. The van der Waals surface area contributed by atoms with Crippen molar-refractivity contribution < 1.29 is 28.2 Å². The Morgan fingerprint density at radius 2 is 1.69 bits per heavy atom. The zero-order valence-corrected chi connectivity index (χ0v) is 20.1. The molecule has 2 saturated carbocycles. The third kappa shape index (κ3) is 4.59. The largest absolute Gasteiger partial charge is 0.480 e. The topological polar surface area (TPSA) is 78.9 Å². The number of nitrogens with zero attached hydrogens (tertiary/aromatic N) is 1. The van der Waals surface area contributed by atoms with Gasteiger partial charge in [0.2, 0.25) is 5.91 Å². The minimum absolute atomic E-state index is 0.0760. The van der Waals surface area contributed by atoms with Gasteiger partial charge in [0.05, 0.1) is 6.04 Å². The number of halogens is 2. The number of hydrogen-bond acceptors (Lipinski definition) is 4. The maximum absolute atomic E-state index is 13.9. The van der Waals surface area contributed by atoms with Crippen LogP contribution in [-0.4, -0.2) is 40.6 Å². The van der Waals surface area contributed by atoms with E-state index in [1.807, 2.05) is 30.3 Å². The lowest BCUT2D eigenvalue weighted by atomic mass is 9.87. The first-order valence-corrected chi connectivity index (χ1v) is 12.8. The molecule has 5 rings (SSSR count). The van der Waals surface area contributed by atoms with E-state index in [4.69, 9.17) is 4.74 Å². The lowest BCUT2D eigenvalue weighted by Gasteiger charge is -2.34. The van der Waals surface area contributed by atoms with Crippen LogP contribution in [0.3, 0.4) is 0 Å². The molecule has 1 saturated heterocycles. The number of para-hydroxylation sites is 1. The van der Waals surface area contributed by atoms with Gasteiger partial charge in [0.15, 0.2) is 0 Å². The smallest absolute Gasteiger partial charge is 0.387 e. The molecule has 3 aliphatic rings. The van der Waals surface area contributed by atoms with Crippen LogP contribution in [0.1, 0.15) is 62.1 Å². The summed E-state index contributed by atoms with van der Waals surface area (Å²) in [6.45, 7) is -2.72. The number of carboxylic acid groups (broad SMARTS) is 1. The van der Waals surface area contributed by atoms with E-state index in [-0.39, 0.29) is 30.2 Å². The van der Waals surface area contributed by atoms with Gasteiger partial charge in [0.25, 0.3) is 0 Å². The fourth-order valence-corrected chi connectivity index (χ4v) is 6.40. The number of hydrogen-bond donors (Lipinski definition) is 2. The molecule has 0 bridgehead atoms. The number of carboxylic acids is 1. The Morgan fingerprint density at radius 1 is 1.03 bits per heavy atom. The number of amides is 1. The molecular weight excluding hydrogens is 466 g/mol. The van der Waals surface area contributed by atoms with E-state index in [0.29, 0.717) is 18.4 Å². The molecule has 3 atom stereocenters. The number of aliphatic carboxylic acids is 1. The summed E-state index contributed by atoms with van der Waals surface area (Å²) in [5.74, 6) is -1.14. The van der Waals surface area contributed by atoms with E-state index < -0.39 is 30.1 Å². The predicted molar refractivity (Wildman–Crippen MR) is 129 cm³/mol. The third-order valence-electron chi connectivity index (χ3n) is 8.17. The van der Waals surface area contributed by atoms with Crippen LogP contribution in [-0.2, 0) is 16.1 Å². The Labute approximate surface area is 209 Å². The van der Waals surface area contributed by atoms with Crippen LogP contribution in [0.4, 0.5) is 8.78 Å². The molecule has 2 aromatic carbocycles. The molecule has 3 fully saturated rings. The molecular formula is C28H32F2N2O4. The maximum atomic E-state index is 13.9. The van der Waals surface area contributed by atoms with Crippen molar-refractivity contribution in [1.82, 2.24) is 10.2 Å². The number of ether oxygens (including phenoxy) is 1. The Morgan fingerprint density at radius 3 is 2.33 bits per heavy atom. The first kappa shape index (κ1) is 24.7. The number of alkyl halides is 2. The summed E-state index contributed by atoms with van der Waals surface area (Å²) in [5, 5.41) is 13.9. The van der Waals surface area contributed by atoms with Crippen molar-refractivity contribution in [3.8, 4) is 5.75 Å². The van der Waals surface area contributed by atoms with Crippen molar-refractivity contribution in [2.45, 2.75) is 76.2 Å². The second-order valence-corrected chi connectivity index (χ2v) is 10.3. The summed E-state index contributed by atoms with van der Waals surface area (Å²) in [5.41, 5.74) is 0.838. The summed E-state index contributed by atoms with van der Waals surface area (Å²) in [6, 6.07) is 14.4. The summed E-state index contributed by atoms with van der Waals surface area (Å²) < 4.78 is 30.6. The van der Waals surface area contributed by atoms with Gasteiger partial charge in [-0.2, -0.15) is 8.78 Å². The molecule has 6 nitrogen and oxygen atoms in total. The average molecular weight is 499 g/mol. The standard InChI is InChI=1S/C28H32F2N2O4/c29-27(30)36-21-14-8-7-13-20(21)17-31-23-22(18-9-3-1-4-10-18)32(24(26(34)35)28(23)15-16-28)25(33)19-11-5-2-6-12-19/h1,3-4,7-10,13-14,19,22-24,27,31H,2,5-6,11-12,15-17H2,(H,34,35)/t22-,23+,24+/m1/s1. The molecule has 2 aromatic rings. The normalized spacial score (nSPS) is 25.3. The van der Waals surface area contributed by atoms with Crippen molar-refractivity contribution >= 4 is 11.9 Å². The fourth-order valence-electron chi connectivity index (χ4n) is 6.40. The van der Waals surface area contributed by atoms with Crippen LogP contribution in [0, 0.1) is 11.3 Å².